The summed E-state index contributed by atoms with van der Waals surface area (Å²) in [6, 6.07) is 3.36. The smallest absolute Gasteiger partial charge is 0.166 e. The Morgan fingerprint density at radius 2 is 1.85 bits per heavy atom. The highest BCUT2D eigenvalue weighted by atomic mass is 19.2. The molecule has 1 aromatic carbocycles. The molecular formula is C24H32F2O. The minimum atomic E-state index is -0.768. The quantitative estimate of drug-likeness (QED) is 0.464. The molecule has 3 rings (SSSR count). The van der Waals surface area contributed by atoms with Crippen LogP contribution in [0.2, 0.25) is 0 Å². The van der Waals surface area contributed by atoms with E-state index in [9.17, 15) is 8.78 Å². The zero-order valence-electron chi connectivity index (χ0n) is 16.5. The molecule has 0 aromatic heterocycles. The number of rotatable bonds is 7. The van der Waals surface area contributed by atoms with Crippen molar-refractivity contribution in [2.45, 2.75) is 64.4 Å². The fraction of sp³-hybridized carbons (Fsp3) is 0.583. The molecule has 2 aliphatic carbocycles. The second-order valence-electron chi connectivity index (χ2n) is 8.24. The van der Waals surface area contributed by atoms with Gasteiger partial charge in [-0.1, -0.05) is 37.1 Å². The molecule has 3 heteroatoms. The Morgan fingerprint density at radius 3 is 2.48 bits per heavy atom. The summed E-state index contributed by atoms with van der Waals surface area (Å²) in [6.07, 6.45) is 14.9. The Balaban J connectivity index is 1.59. The summed E-state index contributed by atoms with van der Waals surface area (Å²) in [5.41, 5.74) is 1.67. The normalized spacial score (nSPS) is 25.9. The zero-order valence-corrected chi connectivity index (χ0v) is 16.5. The first kappa shape index (κ1) is 20.3. The van der Waals surface area contributed by atoms with Gasteiger partial charge < -0.3 is 4.74 Å². The summed E-state index contributed by atoms with van der Waals surface area (Å²) in [7, 11) is 1.49. The molecule has 1 fully saturated rings. The highest BCUT2D eigenvalue weighted by Gasteiger charge is 2.29. The van der Waals surface area contributed by atoms with Crippen molar-refractivity contribution in [1.82, 2.24) is 0 Å². The van der Waals surface area contributed by atoms with Crippen LogP contribution in [0.3, 0.4) is 0 Å². The lowest BCUT2D eigenvalue weighted by Crippen LogP contribution is -2.23. The predicted octanol–water partition coefficient (Wildman–Crippen LogP) is 7.07. The minimum Gasteiger partial charge on any atom is -0.380 e. The first-order valence-electron chi connectivity index (χ1n) is 10.4. The van der Waals surface area contributed by atoms with Gasteiger partial charge >= 0.3 is 0 Å². The molecule has 0 bridgehead atoms. The molecule has 1 aromatic rings. The fourth-order valence-electron chi connectivity index (χ4n) is 4.93. The second kappa shape index (κ2) is 9.64. The first-order chi connectivity index (χ1) is 13.1. The van der Waals surface area contributed by atoms with Gasteiger partial charge in [0.05, 0.1) is 6.61 Å². The van der Waals surface area contributed by atoms with Crippen molar-refractivity contribution in [2.24, 2.45) is 17.8 Å². The molecule has 0 aliphatic heterocycles. The summed E-state index contributed by atoms with van der Waals surface area (Å²) in [4.78, 5) is 0. The SMILES string of the molecule is C=CCCC1CCC(C2CC=C(c3ccc(COC)c(F)c3F)CC2)CC1. The van der Waals surface area contributed by atoms with Crippen LogP contribution < -0.4 is 0 Å². The summed E-state index contributed by atoms with van der Waals surface area (Å²) in [5, 5.41) is 0. The molecule has 0 radical (unpaired) electrons. The lowest BCUT2D eigenvalue weighted by molar-refractivity contribution is 0.180. The summed E-state index contributed by atoms with van der Waals surface area (Å²) < 4.78 is 33.6. The topological polar surface area (TPSA) is 9.23 Å². The Labute approximate surface area is 162 Å². The standard InChI is InChI=1S/C24H32F2O/c1-3-4-5-17-6-8-18(9-7-17)19-10-12-20(13-11-19)22-15-14-21(16-27-2)23(25)24(22)26/h3,12,14-15,17-19H,1,4-11,13,16H2,2H3. The maximum Gasteiger partial charge on any atom is 0.166 e. The molecule has 0 saturated heterocycles. The van der Waals surface area contributed by atoms with Gasteiger partial charge in [-0.25, -0.2) is 8.78 Å². The minimum absolute atomic E-state index is 0.0969. The average molecular weight is 375 g/mol. The van der Waals surface area contributed by atoms with Crippen molar-refractivity contribution in [2.75, 3.05) is 7.11 Å². The number of ether oxygens (including phenoxy) is 1. The molecular weight excluding hydrogens is 342 g/mol. The van der Waals surface area contributed by atoms with Gasteiger partial charge in [-0.3, -0.25) is 0 Å². The molecule has 0 spiro atoms. The lowest BCUT2D eigenvalue weighted by Gasteiger charge is -2.35. The number of methoxy groups -OCH3 is 1. The summed E-state index contributed by atoms with van der Waals surface area (Å²) >= 11 is 0. The van der Waals surface area contributed by atoms with E-state index >= 15 is 0 Å². The second-order valence-corrected chi connectivity index (χ2v) is 8.24. The molecule has 1 atom stereocenters. The molecule has 1 unspecified atom stereocenters. The predicted molar refractivity (Wildman–Crippen MR) is 107 cm³/mol. The van der Waals surface area contributed by atoms with Crippen LogP contribution in [0.4, 0.5) is 8.78 Å². The van der Waals surface area contributed by atoms with Crippen LogP contribution in [0.5, 0.6) is 0 Å². The van der Waals surface area contributed by atoms with Gasteiger partial charge in [0, 0.05) is 18.2 Å². The molecule has 2 aliphatic rings. The maximum atomic E-state index is 14.5. The number of benzene rings is 1. The Hall–Kier alpha value is -1.48. The van der Waals surface area contributed by atoms with E-state index in [1.54, 1.807) is 12.1 Å². The third-order valence-electron chi connectivity index (χ3n) is 6.60. The molecule has 0 heterocycles. The highest BCUT2D eigenvalue weighted by Crippen LogP contribution is 2.42. The molecule has 0 amide bonds. The van der Waals surface area contributed by atoms with Gasteiger partial charge in [-0.15, -0.1) is 6.58 Å². The Kier molecular flexibility index (Phi) is 7.23. The van der Waals surface area contributed by atoms with E-state index in [2.05, 4.69) is 12.7 Å². The van der Waals surface area contributed by atoms with Crippen LogP contribution in [-0.2, 0) is 11.3 Å². The summed E-state index contributed by atoms with van der Waals surface area (Å²) in [6.45, 7) is 3.93. The maximum absolute atomic E-state index is 14.5. The van der Waals surface area contributed by atoms with Crippen LogP contribution >= 0.6 is 0 Å². The first-order valence-corrected chi connectivity index (χ1v) is 10.4. The summed E-state index contributed by atoms with van der Waals surface area (Å²) in [5.74, 6) is 0.882. The van der Waals surface area contributed by atoms with E-state index in [0.29, 0.717) is 11.5 Å². The van der Waals surface area contributed by atoms with E-state index in [-0.39, 0.29) is 12.2 Å². The Bertz CT molecular complexity index is 671. The number of hydrogen-bond acceptors (Lipinski definition) is 1. The largest absolute Gasteiger partial charge is 0.380 e. The molecule has 0 N–H and O–H groups in total. The molecule has 148 valence electrons. The average Bonchev–Trinajstić information content (AvgIpc) is 2.71. The van der Waals surface area contributed by atoms with Gasteiger partial charge in [0.1, 0.15) is 0 Å². The van der Waals surface area contributed by atoms with Crippen LogP contribution in [0.15, 0.2) is 30.9 Å². The van der Waals surface area contributed by atoms with Crippen molar-refractivity contribution >= 4 is 5.57 Å². The lowest BCUT2D eigenvalue weighted by atomic mass is 9.70. The van der Waals surface area contributed by atoms with Crippen molar-refractivity contribution in [3.05, 3.63) is 53.6 Å². The van der Waals surface area contributed by atoms with Crippen LogP contribution in [0.25, 0.3) is 5.57 Å². The third kappa shape index (κ3) is 4.87. The number of hydrogen-bond donors (Lipinski definition) is 0. The van der Waals surface area contributed by atoms with E-state index < -0.39 is 11.6 Å². The Morgan fingerprint density at radius 1 is 1.07 bits per heavy atom. The number of halogens is 2. The van der Waals surface area contributed by atoms with Crippen LogP contribution in [-0.4, -0.2) is 7.11 Å². The molecule has 1 nitrogen and oxygen atoms in total. The van der Waals surface area contributed by atoms with Gasteiger partial charge in [0.15, 0.2) is 11.6 Å². The van der Waals surface area contributed by atoms with Gasteiger partial charge in [0.2, 0.25) is 0 Å². The van der Waals surface area contributed by atoms with Gasteiger partial charge in [-0.2, -0.15) is 0 Å². The van der Waals surface area contributed by atoms with Crippen molar-refractivity contribution in [3.63, 3.8) is 0 Å². The van der Waals surface area contributed by atoms with E-state index in [1.807, 2.05) is 6.08 Å². The van der Waals surface area contributed by atoms with Crippen LogP contribution in [0, 0.1) is 29.4 Å². The zero-order chi connectivity index (χ0) is 19.2. The molecule has 27 heavy (non-hydrogen) atoms. The number of allylic oxidation sites excluding steroid dienone is 3. The van der Waals surface area contributed by atoms with Gasteiger partial charge in [-0.05, 0) is 68.3 Å². The monoisotopic (exact) mass is 374 g/mol. The van der Waals surface area contributed by atoms with E-state index in [4.69, 9.17) is 4.74 Å². The van der Waals surface area contributed by atoms with E-state index in [1.165, 1.54) is 39.2 Å². The molecule has 1 saturated carbocycles. The van der Waals surface area contributed by atoms with Crippen molar-refractivity contribution in [3.8, 4) is 0 Å². The van der Waals surface area contributed by atoms with E-state index in [0.717, 1.165) is 43.1 Å². The third-order valence-corrected chi connectivity index (χ3v) is 6.60. The van der Waals surface area contributed by atoms with Crippen molar-refractivity contribution < 1.29 is 13.5 Å². The van der Waals surface area contributed by atoms with Crippen molar-refractivity contribution in [1.29, 1.82) is 0 Å². The van der Waals surface area contributed by atoms with Gasteiger partial charge in [0.25, 0.3) is 0 Å². The van der Waals surface area contributed by atoms with Crippen LogP contribution in [0.1, 0.15) is 68.9 Å². The highest BCUT2D eigenvalue weighted by molar-refractivity contribution is 5.67. The fourth-order valence-corrected chi connectivity index (χ4v) is 4.93.